The third-order valence-corrected chi connectivity index (χ3v) is 4.92. The highest BCUT2D eigenvalue weighted by atomic mass is 32.1. The van der Waals surface area contributed by atoms with E-state index in [1.807, 2.05) is 24.3 Å². The van der Waals surface area contributed by atoms with Gasteiger partial charge in [-0.2, -0.15) is 11.3 Å². The molecule has 130 valence electrons. The Morgan fingerprint density at radius 2 is 2.00 bits per heavy atom. The number of nitrogens with one attached hydrogen (secondary N) is 1. The van der Waals surface area contributed by atoms with Crippen molar-refractivity contribution >= 4 is 17.2 Å². The molecule has 0 aliphatic rings. The fraction of sp³-hybridized carbons (Fsp3) is 0.421. The van der Waals surface area contributed by atoms with E-state index in [9.17, 15) is 4.79 Å². The predicted octanol–water partition coefficient (Wildman–Crippen LogP) is 3.50. The Labute approximate surface area is 148 Å². The lowest BCUT2D eigenvalue weighted by molar-refractivity contribution is -0.120. The molecule has 0 aliphatic carbocycles. The molecule has 5 heteroatoms. The number of carbonyl (C=O) groups excluding carboxylic acids is 1. The molecule has 0 radical (unpaired) electrons. The van der Waals surface area contributed by atoms with Gasteiger partial charge in [0.1, 0.15) is 5.75 Å². The van der Waals surface area contributed by atoms with Crippen LogP contribution in [-0.2, 0) is 11.2 Å². The Morgan fingerprint density at radius 3 is 2.62 bits per heavy atom. The maximum atomic E-state index is 12.4. The summed E-state index contributed by atoms with van der Waals surface area (Å²) in [4.78, 5) is 14.7. The highest BCUT2D eigenvalue weighted by molar-refractivity contribution is 7.07. The van der Waals surface area contributed by atoms with Crippen molar-refractivity contribution in [2.75, 3.05) is 26.7 Å². The van der Waals surface area contributed by atoms with Crippen LogP contribution >= 0.6 is 11.3 Å². The van der Waals surface area contributed by atoms with Gasteiger partial charge < -0.3 is 10.1 Å². The molecular weight excluding hydrogens is 320 g/mol. The number of ether oxygens (including phenoxy) is 1. The second-order valence-electron chi connectivity index (χ2n) is 5.59. The van der Waals surface area contributed by atoms with Crippen molar-refractivity contribution in [3.63, 3.8) is 0 Å². The molecule has 1 aromatic heterocycles. The molecule has 0 unspecified atom stereocenters. The van der Waals surface area contributed by atoms with E-state index in [0.29, 0.717) is 13.0 Å². The number of hydrogen-bond acceptors (Lipinski definition) is 4. The highest BCUT2D eigenvalue weighted by Gasteiger charge is 2.19. The van der Waals surface area contributed by atoms with Crippen LogP contribution in [0.1, 0.15) is 31.0 Å². The molecule has 0 fully saturated rings. The van der Waals surface area contributed by atoms with Gasteiger partial charge in [0, 0.05) is 12.1 Å². The lowest BCUT2D eigenvalue weighted by Gasteiger charge is -2.29. The monoisotopic (exact) mass is 346 g/mol. The van der Waals surface area contributed by atoms with Gasteiger partial charge in [0.15, 0.2) is 0 Å². The van der Waals surface area contributed by atoms with E-state index in [1.165, 1.54) is 5.56 Å². The van der Waals surface area contributed by atoms with Crippen molar-refractivity contribution in [3.8, 4) is 5.75 Å². The van der Waals surface area contributed by atoms with E-state index < -0.39 is 0 Å². The normalized spacial score (nSPS) is 12.2. The SMILES string of the molecule is CCN(CC)[C@@H](CNC(=O)Cc1ccccc1OC)c1ccsc1. The van der Waals surface area contributed by atoms with Crippen LogP contribution in [0.15, 0.2) is 41.1 Å². The first-order valence-corrected chi connectivity index (χ1v) is 9.28. The Morgan fingerprint density at radius 1 is 1.25 bits per heavy atom. The van der Waals surface area contributed by atoms with Crippen LogP contribution in [0.3, 0.4) is 0 Å². The van der Waals surface area contributed by atoms with E-state index in [-0.39, 0.29) is 11.9 Å². The van der Waals surface area contributed by atoms with Crippen molar-refractivity contribution in [3.05, 3.63) is 52.2 Å². The maximum absolute atomic E-state index is 12.4. The van der Waals surface area contributed by atoms with Crippen LogP contribution in [0.2, 0.25) is 0 Å². The summed E-state index contributed by atoms with van der Waals surface area (Å²) in [5, 5.41) is 7.34. The summed E-state index contributed by atoms with van der Waals surface area (Å²) < 4.78 is 5.32. The van der Waals surface area contributed by atoms with E-state index in [0.717, 1.165) is 24.4 Å². The van der Waals surface area contributed by atoms with Crippen LogP contribution in [0, 0.1) is 0 Å². The molecule has 0 saturated heterocycles. The van der Waals surface area contributed by atoms with Gasteiger partial charge in [0.05, 0.1) is 19.6 Å². The number of thiophene rings is 1. The van der Waals surface area contributed by atoms with E-state index in [2.05, 4.69) is 40.9 Å². The van der Waals surface area contributed by atoms with Crippen molar-refractivity contribution in [1.29, 1.82) is 0 Å². The molecule has 4 nitrogen and oxygen atoms in total. The lowest BCUT2D eigenvalue weighted by atomic mass is 10.1. The number of benzene rings is 1. The molecule has 1 atom stereocenters. The maximum Gasteiger partial charge on any atom is 0.224 e. The number of rotatable bonds is 9. The zero-order chi connectivity index (χ0) is 17.4. The Kier molecular flexibility index (Phi) is 7.28. The highest BCUT2D eigenvalue weighted by Crippen LogP contribution is 2.22. The molecular formula is C19H26N2O2S. The summed E-state index contributed by atoms with van der Waals surface area (Å²) in [7, 11) is 1.63. The zero-order valence-electron chi connectivity index (χ0n) is 14.6. The van der Waals surface area contributed by atoms with Gasteiger partial charge in [-0.1, -0.05) is 32.0 Å². The quantitative estimate of drug-likeness (QED) is 0.755. The second kappa shape index (κ2) is 9.45. The van der Waals surface area contributed by atoms with Crippen LogP contribution < -0.4 is 10.1 Å². The Bertz CT molecular complexity index is 624. The number of carbonyl (C=O) groups is 1. The smallest absolute Gasteiger partial charge is 0.224 e. The minimum absolute atomic E-state index is 0.0203. The molecule has 0 aliphatic heterocycles. The summed E-state index contributed by atoms with van der Waals surface area (Å²) >= 11 is 1.69. The molecule has 1 aromatic carbocycles. The number of para-hydroxylation sites is 1. The largest absolute Gasteiger partial charge is 0.496 e. The number of nitrogens with zero attached hydrogens (tertiary/aromatic N) is 1. The first-order valence-electron chi connectivity index (χ1n) is 8.34. The predicted molar refractivity (Wildman–Crippen MR) is 99.7 cm³/mol. The topological polar surface area (TPSA) is 41.6 Å². The first-order chi connectivity index (χ1) is 11.7. The van der Waals surface area contributed by atoms with Crippen LogP contribution in [-0.4, -0.2) is 37.6 Å². The Balaban J connectivity index is 1.99. The summed E-state index contributed by atoms with van der Waals surface area (Å²) in [5.41, 5.74) is 2.17. The molecule has 1 amide bonds. The van der Waals surface area contributed by atoms with Crippen molar-refractivity contribution in [2.24, 2.45) is 0 Å². The van der Waals surface area contributed by atoms with Gasteiger partial charge >= 0.3 is 0 Å². The number of amides is 1. The fourth-order valence-corrected chi connectivity index (χ4v) is 3.59. The van der Waals surface area contributed by atoms with E-state index >= 15 is 0 Å². The minimum Gasteiger partial charge on any atom is -0.496 e. The van der Waals surface area contributed by atoms with Gasteiger partial charge in [0.2, 0.25) is 5.91 Å². The van der Waals surface area contributed by atoms with Crippen molar-refractivity contribution in [1.82, 2.24) is 10.2 Å². The molecule has 1 heterocycles. The zero-order valence-corrected chi connectivity index (χ0v) is 15.4. The Hall–Kier alpha value is -1.85. The van der Waals surface area contributed by atoms with E-state index in [4.69, 9.17) is 4.74 Å². The molecule has 2 aromatic rings. The molecule has 0 spiro atoms. The standard InChI is InChI=1S/C19H26N2O2S/c1-4-21(5-2)17(16-10-11-24-14-16)13-20-19(22)12-15-8-6-7-9-18(15)23-3/h6-11,14,17H,4-5,12-13H2,1-3H3,(H,20,22)/t17-/m0/s1. The van der Waals surface area contributed by atoms with Crippen LogP contribution in [0.4, 0.5) is 0 Å². The van der Waals surface area contributed by atoms with Crippen LogP contribution in [0.5, 0.6) is 5.75 Å². The average Bonchev–Trinajstić information content (AvgIpc) is 3.13. The number of likely N-dealkylation sites (N-methyl/N-ethyl adjacent to an activating group) is 1. The summed E-state index contributed by atoms with van der Waals surface area (Å²) in [5.74, 6) is 0.776. The van der Waals surface area contributed by atoms with Gasteiger partial charge in [0.25, 0.3) is 0 Å². The minimum atomic E-state index is 0.0203. The van der Waals surface area contributed by atoms with Crippen molar-refractivity contribution < 1.29 is 9.53 Å². The fourth-order valence-electron chi connectivity index (χ4n) is 2.88. The summed E-state index contributed by atoms with van der Waals surface area (Å²) in [6.07, 6.45) is 0.332. The molecule has 0 bridgehead atoms. The summed E-state index contributed by atoms with van der Waals surface area (Å²) in [6, 6.07) is 10.0. The summed E-state index contributed by atoms with van der Waals surface area (Å²) in [6.45, 7) is 6.84. The van der Waals surface area contributed by atoms with Gasteiger partial charge in [-0.25, -0.2) is 0 Å². The first kappa shape index (κ1) is 18.5. The van der Waals surface area contributed by atoms with Gasteiger partial charge in [-0.05, 0) is 41.5 Å². The third-order valence-electron chi connectivity index (χ3n) is 4.22. The van der Waals surface area contributed by atoms with Gasteiger partial charge in [-0.15, -0.1) is 0 Å². The average molecular weight is 346 g/mol. The number of methoxy groups -OCH3 is 1. The van der Waals surface area contributed by atoms with Gasteiger partial charge in [-0.3, -0.25) is 9.69 Å². The van der Waals surface area contributed by atoms with E-state index in [1.54, 1.807) is 18.4 Å². The van der Waals surface area contributed by atoms with Crippen molar-refractivity contribution in [2.45, 2.75) is 26.3 Å². The molecule has 2 rings (SSSR count). The molecule has 24 heavy (non-hydrogen) atoms. The molecule has 0 saturated carbocycles. The third kappa shape index (κ3) is 4.82. The van der Waals surface area contributed by atoms with Crippen LogP contribution in [0.25, 0.3) is 0 Å². The molecule has 1 N–H and O–H groups in total. The second-order valence-corrected chi connectivity index (χ2v) is 6.37. The number of hydrogen-bond donors (Lipinski definition) is 1. The lowest BCUT2D eigenvalue weighted by Crippen LogP contribution is -2.38.